The summed E-state index contributed by atoms with van der Waals surface area (Å²) in [5, 5.41) is 0. The molecule has 18 heavy (non-hydrogen) atoms. The number of Topliss-reactive ketones (excluding diaryl/α,β-unsaturated/α-hetero) is 1. The smallest absolute Gasteiger partial charge is 0.306 e. The molecular weight excluding hydrogens is 248 g/mol. The highest BCUT2D eigenvalue weighted by Gasteiger charge is 2.08. The van der Waals surface area contributed by atoms with Gasteiger partial charge < -0.3 is 4.74 Å². The summed E-state index contributed by atoms with van der Waals surface area (Å²) < 4.78 is 4.53. The fourth-order valence-corrected chi connectivity index (χ4v) is 2.23. The number of methoxy groups -OCH3 is 1. The van der Waals surface area contributed by atoms with E-state index in [1.54, 1.807) is 0 Å². The molecule has 0 heterocycles. The Bertz CT molecular complexity index is 441. The van der Waals surface area contributed by atoms with Crippen molar-refractivity contribution in [1.29, 1.82) is 0 Å². The molecule has 98 valence electrons. The number of esters is 1. The predicted octanol–water partition coefficient (Wildman–Crippen LogP) is 2.78. The minimum atomic E-state index is -0.235. The first-order valence-electron chi connectivity index (χ1n) is 5.79. The van der Waals surface area contributed by atoms with Gasteiger partial charge in [0.15, 0.2) is 5.78 Å². The van der Waals surface area contributed by atoms with E-state index in [1.165, 1.54) is 24.4 Å². The molecule has 0 spiro atoms. The van der Waals surface area contributed by atoms with Crippen molar-refractivity contribution in [3.63, 3.8) is 0 Å². The van der Waals surface area contributed by atoms with Crippen LogP contribution in [0.2, 0.25) is 0 Å². The molecule has 0 aliphatic carbocycles. The van der Waals surface area contributed by atoms with E-state index in [1.807, 2.05) is 32.0 Å². The van der Waals surface area contributed by atoms with E-state index in [0.29, 0.717) is 17.9 Å². The quantitative estimate of drug-likeness (QED) is 0.451. The minimum Gasteiger partial charge on any atom is -0.469 e. The van der Waals surface area contributed by atoms with Gasteiger partial charge in [0.25, 0.3) is 0 Å². The number of aryl methyl sites for hydroxylation is 2. The second-order valence-electron chi connectivity index (χ2n) is 4.10. The molecule has 1 rings (SSSR count). The highest BCUT2D eigenvalue weighted by molar-refractivity contribution is 8.00. The van der Waals surface area contributed by atoms with E-state index in [4.69, 9.17) is 0 Å². The summed E-state index contributed by atoms with van der Waals surface area (Å²) in [6.07, 6.45) is 0.349. The molecule has 0 unspecified atom stereocenters. The zero-order valence-electron chi connectivity index (χ0n) is 11.0. The van der Waals surface area contributed by atoms with Crippen molar-refractivity contribution in [3.8, 4) is 0 Å². The van der Waals surface area contributed by atoms with Gasteiger partial charge in [-0.3, -0.25) is 9.59 Å². The lowest BCUT2D eigenvalue weighted by molar-refractivity contribution is -0.140. The topological polar surface area (TPSA) is 43.4 Å². The van der Waals surface area contributed by atoms with Crippen molar-refractivity contribution in [2.45, 2.75) is 20.3 Å². The molecule has 0 aliphatic rings. The first-order chi connectivity index (χ1) is 8.54. The lowest BCUT2D eigenvalue weighted by Gasteiger charge is -2.04. The Labute approximate surface area is 112 Å². The van der Waals surface area contributed by atoms with E-state index in [-0.39, 0.29) is 11.8 Å². The third-order valence-corrected chi connectivity index (χ3v) is 3.70. The zero-order valence-corrected chi connectivity index (χ0v) is 11.8. The van der Waals surface area contributed by atoms with E-state index >= 15 is 0 Å². The van der Waals surface area contributed by atoms with E-state index in [9.17, 15) is 9.59 Å². The Morgan fingerprint density at radius 1 is 1.22 bits per heavy atom. The molecule has 0 saturated carbocycles. The van der Waals surface area contributed by atoms with Crippen LogP contribution in [0.5, 0.6) is 0 Å². The van der Waals surface area contributed by atoms with Gasteiger partial charge in [-0.15, -0.1) is 0 Å². The Balaban J connectivity index is 2.41. The monoisotopic (exact) mass is 266 g/mol. The van der Waals surface area contributed by atoms with Crippen LogP contribution in [0.4, 0.5) is 0 Å². The average molecular weight is 266 g/mol. The maximum atomic E-state index is 11.9. The van der Waals surface area contributed by atoms with Crippen LogP contribution in [0.1, 0.15) is 27.9 Å². The maximum absolute atomic E-state index is 11.9. The number of ketones is 1. The molecule has 0 aliphatic heterocycles. The standard InChI is InChI=1S/C14H18O3S/c1-10-4-5-12(8-11(10)2)13(15)9-18-7-6-14(16)17-3/h4-5,8H,6-7,9H2,1-3H3. The van der Waals surface area contributed by atoms with Crippen LogP contribution in [-0.2, 0) is 9.53 Å². The summed E-state index contributed by atoms with van der Waals surface area (Å²) in [6, 6.07) is 5.73. The van der Waals surface area contributed by atoms with E-state index in [2.05, 4.69) is 4.74 Å². The lowest BCUT2D eigenvalue weighted by atomic mass is 10.0. The number of rotatable bonds is 6. The molecule has 0 amide bonds. The van der Waals surface area contributed by atoms with Gasteiger partial charge in [-0.1, -0.05) is 12.1 Å². The SMILES string of the molecule is COC(=O)CCSCC(=O)c1ccc(C)c(C)c1. The molecule has 0 radical (unpaired) electrons. The molecule has 0 fully saturated rings. The number of thioether (sulfide) groups is 1. The van der Waals surface area contributed by atoms with Crippen molar-refractivity contribution in [1.82, 2.24) is 0 Å². The van der Waals surface area contributed by atoms with Crippen molar-refractivity contribution in [2.75, 3.05) is 18.6 Å². The van der Waals surface area contributed by atoms with Gasteiger partial charge in [0.1, 0.15) is 0 Å². The number of carbonyl (C=O) groups is 2. The molecular formula is C14H18O3S. The highest BCUT2D eigenvalue weighted by atomic mass is 32.2. The van der Waals surface area contributed by atoms with E-state index < -0.39 is 0 Å². The maximum Gasteiger partial charge on any atom is 0.306 e. The molecule has 0 saturated heterocycles. The van der Waals surface area contributed by atoms with Crippen molar-refractivity contribution < 1.29 is 14.3 Å². The van der Waals surface area contributed by atoms with Crippen LogP contribution in [0.25, 0.3) is 0 Å². The Hall–Kier alpha value is -1.29. The lowest BCUT2D eigenvalue weighted by Crippen LogP contribution is -2.06. The Morgan fingerprint density at radius 2 is 1.94 bits per heavy atom. The zero-order chi connectivity index (χ0) is 13.5. The van der Waals surface area contributed by atoms with Crippen LogP contribution < -0.4 is 0 Å². The fraction of sp³-hybridized carbons (Fsp3) is 0.429. The van der Waals surface area contributed by atoms with Crippen LogP contribution in [-0.4, -0.2) is 30.4 Å². The number of carbonyl (C=O) groups excluding carboxylic acids is 2. The highest BCUT2D eigenvalue weighted by Crippen LogP contribution is 2.13. The van der Waals surface area contributed by atoms with Crippen LogP contribution >= 0.6 is 11.8 Å². The molecule has 0 aromatic heterocycles. The number of ether oxygens (including phenoxy) is 1. The molecule has 3 nitrogen and oxygen atoms in total. The normalized spacial score (nSPS) is 10.2. The van der Waals surface area contributed by atoms with Crippen LogP contribution in [0, 0.1) is 13.8 Å². The summed E-state index contributed by atoms with van der Waals surface area (Å²) in [4.78, 5) is 22.8. The third-order valence-electron chi connectivity index (χ3n) is 2.74. The van der Waals surface area contributed by atoms with Gasteiger partial charge in [-0.25, -0.2) is 0 Å². The Morgan fingerprint density at radius 3 is 2.56 bits per heavy atom. The summed E-state index contributed by atoms with van der Waals surface area (Å²) in [7, 11) is 1.37. The van der Waals surface area contributed by atoms with Gasteiger partial charge >= 0.3 is 5.97 Å². The summed E-state index contributed by atoms with van der Waals surface area (Å²) in [5.41, 5.74) is 3.05. The van der Waals surface area contributed by atoms with Crippen molar-refractivity contribution >= 4 is 23.5 Å². The van der Waals surface area contributed by atoms with Crippen LogP contribution in [0.3, 0.4) is 0 Å². The molecule has 1 aromatic carbocycles. The van der Waals surface area contributed by atoms with Gasteiger partial charge in [-0.05, 0) is 31.0 Å². The first-order valence-corrected chi connectivity index (χ1v) is 6.95. The third kappa shape index (κ3) is 4.53. The molecule has 0 bridgehead atoms. The minimum absolute atomic E-state index is 0.105. The number of hydrogen-bond acceptors (Lipinski definition) is 4. The Kier molecular flexibility index (Phi) is 5.92. The predicted molar refractivity (Wildman–Crippen MR) is 74.2 cm³/mol. The fourth-order valence-electron chi connectivity index (χ4n) is 1.42. The van der Waals surface area contributed by atoms with Crippen molar-refractivity contribution in [3.05, 3.63) is 34.9 Å². The van der Waals surface area contributed by atoms with Gasteiger partial charge in [0.2, 0.25) is 0 Å². The largest absolute Gasteiger partial charge is 0.469 e. The van der Waals surface area contributed by atoms with Crippen LogP contribution in [0.15, 0.2) is 18.2 Å². The summed E-state index contributed by atoms with van der Waals surface area (Å²) in [5.74, 6) is 0.886. The molecule has 0 atom stereocenters. The number of hydrogen-bond donors (Lipinski definition) is 0. The van der Waals surface area contributed by atoms with Crippen molar-refractivity contribution in [2.24, 2.45) is 0 Å². The number of benzene rings is 1. The first kappa shape index (κ1) is 14.8. The second kappa shape index (κ2) is 7.21. The molecule has 4 heteroatoms. The van der Waals surface area contributed by atoms with Gasteiger partial charge in [0.05, 0.1) is 19.3 Å². The second-order valence-corrected chi connectivity index (χ2v) is 5.21. The molecule has 0 N–H and O–H groups in total. The summed E-state index contributed by atoms with van der Waals surface area (Å²) >= 11 is 1.46. The average Bonchev–Trinajstić information content (AvgIpc) is 2.37. The van der Waals surface area contributed by atoms with E-state index in [0.717, 1.165) is 11.1 Å². The summed E-state index contributed by atoms with van der Waals surface area (Å²) in [6.45, 7) is 4.02. The van der Waals surface area contributed by atoms with Gasteiger partial charge in [0, 0.05) is 11.3 Å². The van der Waals surface area contributed by atoms with Gasteiger partial charge in [-0.2, -0.15) is 11.8 Å². The molecule has 1 aromatic rings.